The molecule has 2 aliphatic heterocycles. The Bertz CT molecular complexity index is 599. The predicted octanol–water partition coefficient (Wildman–Crippen LogP) is 3.54. The third kappa shape index (κ3) is 5.08. The third-order valence-corrected chi connectivity index (χ3v) is 6.36. The van der Waals surface area contributed by atoms with Crippen molar-refractivity contribution < 1.29 is 8.95 Å². The Morgan fingerprint density at radius 2 is 2.00 bits per heavy atom. The van der Waals surface area contributed by atoms with Gasteiger partial charge in [0.1, 0.15) is 16.7 Å². The van der Waals surface area contributed by atoms with Crippen molar-refractivity contribution in [3.8, 4) is 5.75 Å². The minimum Gasteiger partial charge on any atom is -0.494 e. The van der Waals surface area contributed by atoms with Gasteiger partial charge in [-0.15, -0.1) is 6.58 Å². The van der Waals surface area contributed by atoms with Gasteiger partial charge in [-0.25, -0.2) is 4.21 Å². The quantitative estimate of drug-likeness (QED) is 0.524. The van der Waals surface area contributed by atoms with E-state index in [0.29, 0.717) is 5.75 Å². The first kappa shape index (κ1) is 18.5. The van der Waals surface area contributed by atoms with Gasteiger partial charge in [-0.3, -0.25) is 4.31 Å². The van der Waals surface area contributed by atoms with Gasteiger partial charge in [-0.05, 0) is 69.0 Å². The average molecular weight is 363 g/mol. The molecule has 1 aromatic carbocycles. The van der Waals surface area contributed by atoms with Gasteiger partial charge >= 0.3 is 0 Å². The zero-order valence-electron chi connectivity index (χ0n) is 15.1. The Labute approximate surface area is 154 Å². The molecule has 1 unspecified atom stereocenters. The van der Waals surface area contributed by atoms with Crippen LogP contribution in [0.5, 0.6) is 5.75 Å². The van der Waals surface area contributed by atoms with E-state index < -0.39 is 11.0 Å². The van der Waals surface area contributed by atoms with E-state index in [4.69, 9.17) is 4.74 Å². The maximum absolute atomic E-state index is 12.3. The molecule has 0 aliphatic carbocycles. The van der Waals surface area contributed by atoms with Crippen LogP contribution in [-0.4, -0.2) is 47.6 Å². The monoisotopic (exact) mass is 362 g/mol. The fraction of sp³-hybridized carbons (Fsp3) is 0.600. The lowest BCUT2D eigenvalue weighted by Gasteiger charge is -2.30. The van der Waals surface area contributed by atoms with Crippen molar-refractivity contribution in [1.29, 1.82) is 0 Å². The Balaban J connectivity index is 1.52. The largest absolute Gasteiger partial charge is 0.494 e. The number of nitrogens with zero attached hydrogens (tertiary/aromatic N) is 2. The second-order valence-electron chi connectivity index (χ2n) is 6.88. The molecule has 138 valence electrons. The van der Waals surface area contributed by atoms with E-state index in [1.165, 1.54) is 37.9 Å². The van der Waals surface area contributed by atoms with Gasteiger partial charge in [-0.1, -0.05) is 12.5 Å². The molecule has 0 saturated carbocycles. The number of fused-ring (bicyclic) bond motifs is 1. The SMILES string of the molecule is C=CCS(=O)N1CCCc2cc(OCCCN3CCCCC3)ccc21. The molecule has 1 atom stereocenters. The van der Waals surface area contributed by atoms with E-state index in [9.17, 15) is 4.21 Å². The van der Waals surface area contributed by atoms with Crippen molar-refractivity contribution in [2.45, 2.75) is 38.5 Å². The summed E-state index contributed by atoms with van der Waals surface area (Å²) in [5, 5.41) is 0. The number of likely N-dealkylation sites (tertiary alicyclic amines) is 1. The van der Waals surface area contributed by atoms with Gasteiger partial charge in [0, 0.05) is 13.1 Å². The van der Waals surface area contributed by atoms with Crippen LogP contribution in [0.4, 0.5) is 5.69 Å². The van der Waals surface area contributed by atoms with E-state index in [1.54, 1.807) is 6.08 Å². The molecule has 0 bridgehead atoms. The van der Waals surface area contributed by atoms with Crippen LogP contribution in [0.1, 0.15) is 37.7 Å². The third-order valence-electron chi connectivity index (χ3n) is 4.97. The van der Waals surface area contributed by atoms with Crippen molar-refractivity contribution in [3.63, 3.8) is 0 Å². The summed E-state index contributed by atoms with van der Waals surface area (Å²) in [7, 11) is -1.02. The second-order valence-corrected chi connectivity index (χ2v) is 8.29. The highest BCUT2D eigenvalue weighted by atomic mass is 32.2. The highest BCUT2D eigenvalue weighted by Gasteiger charge is 2.21. The number of aryl methyl sites for hydroxylation is 1. The molecule has 0 amide bonds. The van der Waals surface area contributed by atoms with Crippen LogP contribution >= 0.6 is 0 Å². The highest BCUT2D eigenvalue weighted by Crippen LogP contribution is 2.31. The number of piperidine rings is 1. The molecular formula is C20H30N2O2S. The first-order valence-electron chi connectivity index (χ1n) is 9.53. The topological polar surface area (TPSA) is 32.8 Å². The van der Waals surface area contributed by atoms with Crippen LogP contribution < -0.4 is 9.04 Å². The molecule has 2 aliphatic rings. The summed E-state index contributed by atoms with van der Waals surface area (Å²) in [4.78, 5) is 2.55. The number of benzene rings is 1. The van der Waals surface area contributed by atoms with Crippen molar-refractivity contribution >= 4 is 16.7 Å². The van der Waals surface area contributed by atoms with Crippen LogP contribution in [0.2, 0.25) is 0 Å². The lowest BCUT2D eigenvalue weighted by Crippen LogP contribution is -2.32. The first-order valence-corrected chi connectivity index (χ1v) is 10.8. The van der Waals surface area contributed by atoms with E-state index >= 15 is 0 Å². The van der Waals surface area contributed by atoms with Crippen LogP contribution in [-0.2, 0) is 17.4 Å². The normalized spacial score (nSPS) is 19.3. The van der Waals surface area contributed by atoms with Crippen molar-refractivity contribution in [2.75, 3.05) is 42.8 Å². The maximum atomic E-state index is 12.3. The van der Waals surface area contributed by atoms with Gasteiger partial charge in [0.05, 0.1) is 18.0 Å². The second kappa shape index (κ2) is 9.39. The number of hydrogen-bond acceptors (Lipinski definition) is 3. The Hall–Kier alpha value is -1.33. The molecule has 0 spiro atoms. The lowest BCUT2D eigenvalue weighted by molar-refractivity contribution is 0.205. The Kier molecular flexibility index (Phi) is 6.93. The Morgan fingerprint density at radius 1 is 1.16 bits per heavy atom. The van der Waals surface area contributed by atoms with Gasteiger partial charge in [0.15, 0.2) is 0 Å². The summed E-state index contributed by atoms with van der Waals surface area (Å²) in [5.41, 5.74) is 2.34. The standard InChI is InChI=1S/C20H30N2O2S/c1-2-16-25(23)22-14-6-8-18-17-19(9-10-20(18)22)24-15-7-13-21-11-4-3-5-12-21/h2,9-10,17H,1,3-8,11-16H2. The van der Waals surface area contributed by atoms with Crippen LogP contribution in [0.15, 0.2) is 30.9 Å². The molecule has 1 aromatic rings. The van der Waals surface area contributed by atoms with Crippen molar-refractivity contribution in [2.24, 2.45) is 0 Å². The van der Waals surface area contributed by atoms with E-state index in [1.807, 2.05) is 10.4 Å². The molecule has 0 radical (unpaired) electrons. The average Bonchev–Trinajstić information content (AvgIpc) is 2.65. The minimum absolute atomic E-state index is 0.508. The Morgan fingerprint density at radius 3 is 2.80 bits per heavy atom. The van der Waals surface area contributed by atoms with E-state index in [-0.39, 0.29) is 0 Å². The van der Waals surface area contributed by atoms with Gasteiger partial charge < -0.3 is 9.64 Å². The maximum Gasteiger partial charge on any atom is 0.123 e. The number of anilines is 1. The number of rotatable bonds is 8. The summed E-state index contributed by atoms with van der Waals surface area (Å²) >= 11 is 0. The summed E-state index contributed by atoms with van der Waals surface area (Å²) < 4.78 is 20.3. The van der Waals surface area contributed by atoms with Crippen molar-refractivity contribution in [1.82, 2.24) is 4.90 Å². The van der Waals surface area contributed by atoms with Crippen molar-refractivity contribution in [3.05, 3.63) is 36.4 Å². The number of hydrogen-bond donors (Lipinski definition) is 0. The fourth-order valence-corrected chi connectivity index (χ4v) is 4.80. The van der Waals surface area contributed by atoms with Crippen LogP contribution in [0, 0.1) is 0 Å². The van der Waals surface area contributed by atoms with E-state index in [0.717, 1.165) is 50.4 Å². The first-order chi connectivity index (χ1) is 12.3. The molecule has 0 aromatic heterocycles. The molecule has 3 rings (SSSR count). The summed E-state index contributed by atoms with van der Waals surface area (Å²) in [6, 6.07) is 6.21. The molecule has 1 fully saturated rings. The van der Waals surface area contributed by atoms with Gasteiger partial charge in [0.25, 0.3) is 0 Å². The molecule has 1 saturated heterocycles. The minimum atomic E-state index is -1.02. The lowest BCUT2D eigenvalue weighted by atomic mass is 10.0. The molecule has 25 heavy (non-hydrogen) atoms. The summed E-state index contributed by atoms with van der Waals surface area (Å²) in [6.07, 6.45) is 8.94. The van der Waals surface area contributed by atoms with Crippen LogP contribution in [0.25, 0.3) is 0 Å². The smallest absolute Gasteiger partial charge is 0.123 e. The fourth-order valence-electron chi connectivity index (χ4n) is 3.69. The summed E-state index contributed by atoms with van der Waals surface area (Å²) in [5.74, 6) is 1.45. The molecule has 2 heterocycles. The zero-order valence-corrected chi connectivity index (χ0v) is 15.9. The summed E-state index contributed by atoms with van der Waals surface area (Å²) in [6.45, 7) is 8.95. The van der Waals surface area contributed by atoms with Gasteiger partial charge in [0.2, 0.25) is 0 Å². The van der Waals surface area contributed by atoms with E-state index in [2.05, 4.69) is 23.6 Å². The molecular weight excluding hydrogens is 332 g/mol. The highest BCUT2D eigenvalue weighted by molar-refractivity contribution is 7.86. The van der Waals surface area contributed by atoms with Crippen LogP contribution in [0.3, 0.4) is 0 Å². The zero-order chi connectivity index (χ0) is 17.5. The van der Waals surface area contributed by atoms with Gasteiger partial charge in [-0.2, -0.15) is 0 Å². The predicted molar refractivity (Wildman–Crippen MR) is 106 cm³/mol. The number of ether oxygens (including phenoxy) is 1. The molecule has 5 heteroatoms. The molecule has 4 nitrogen and oxygen atoms in total. The molecule has 0 N–H and O–H groups in total.